The first kappa shape index (κ1) is 22.9. The number of carbonyl (C=O) groups is 2. The van der Waals surface area contributed by atoms with Crippen LogP contribution in [0.2, 0.25) is 0 Å². The van der Waals surface area contributed by atoms with Gasteiger partial charge in [-0.25, -0.2) is 0 Å². The van der Waals surface area contributed by atoms with E-state index in [9.17, 15) is 9.59 Å². The van der Waals surface area contributed by atoms with Gasteiger partial charge in [-0.2, -0.15) is 0 Å². The number of carbonyl (C=O) groups excluding carboxylic acids is 2. The highest BCUT2D eigenvalue weighted by Crippen LogP contribution is 2.27. The topological polar surface area (TPSA) is 93.2 Å². The first-order chi connectivity index (χ1) is 15.0. The first-order valence-corrected chi connectivity index (χ1v) is 11.4. The molecule has 0 fully saturated rings. The molecule has 0 spiro atoms. The molecule has 0 radical (unpaired) electrons. The Morgan fingerprint density at radius 2 is 1.81 bits per heavy atom. The maximum atomic E-state index is 12.9. The lowest BCUT2D eigenvalue weighted by Gasteiger charge is -2.23. The maximum Gasteiger partial charge on any atom is 0.258 e. The Morgan fingerprint density at radius 3 is 2.48 bits per heavy atom. The van der Waals surface area contributed by atoms with Crippen LogP contribution in [0.3, 0.4) is 0 Å². The molecule has 2 N–H and O–H groups in total. The van der Waals surface area contributed by atoms with Crippen molar-refractivity contribution < 1.29 is 14.3 Å². The smallest absolute Gasteiger partial charge is 0.258 e. The Morgan fingerprint density at radius 1 is 1.10 bits per heavy atom. The summed E-state index contributed by atoms with van der Waals surface area (Å²) in [6.45, 7) is 3.71. The Hall–Kier alpha value is -2.78. The second-order valence-corrected chi connectivity index (χ2v) is 8.83. The van der Waals surface area contributed by atoms with Gasteiger partial charge in [0.2, 0.25) is 11.0 Å². The number of nitrogens with one attached hydrogen (secondary N) is 2. The number of halogens is 1. The molecule has 0 aliphatic carbocycles. The van der Waals surface area contributed by atoms with E-state index in [2.05, 4.69) is 36.8 Å². The highest BCUT2D eigenvalue weighted by Gasteiger charge is 2.27. The van der Waals surface area contributed by atoms with E-state index in [1.807, 2.05) is 56.3 Å². The number of hydrogen-bond acceptors (Lipinski definition) is 6. The van der Waals surface area contributed by atoms with E-state index in [1.165, 1.54) is 11.3 Å². The zero-order chi connectivity index (χ0) is 22.2. The molecule has 31 heavy (non-hydrogen) atoms. The van der Waals surface area contributed by atoms with Gasteiger partial charge in [-0.3, -0.25) is 14.9 Å². The minimum absolute atomic E-state index is 0.0699. The summed E-state index contributed by atoms with van der Waals surface area (Å²) in [6, 6.07) is 16.0. The Bertz CT molecular complexity index is 1010. The van der Waals surface area contributed by atoms with Crippen LogP contribution in [0.15, 0.2) is 59.1 Å². The number of benzene rings is 2. The van der Waals surface area contributed by atoms with Crippen molar-refractivity contribution >= 4 is 44.2 Å². The molecular weight excluding hydrogens is 480 g/mol. The predicted molar refractivity (Wildman–Crippen MR) is 125 cm³/mol. The summed E-state index contributed by atoms with van der Waals surface area (Å²) in [5.74, 6) is -0.172. The SMILES string of the molecule is CCC(C)C(NC(=O)COc1ccccc1)C(=O)Nc1nnc(-c2ccc(Br)cc2)s1. The summed E-state index contributed by atoms with van der Waals surface area (Å²) in [5, 5.41) is 14.8. The lowest BCUT2D eigenvalue weighted by molar-refractivity contribution is -0.128. The zero-order valence-corrected chi connectivity index (χ0v) is 19.6. The van der Waals surface area contributed by atoms with Gasteiger partial charge in [-0.05, 0) is 30.2 Å². The van der Waals surface area contributed by atoms with Crippen LogP contribution in [0, 0.1) is 5.92 Å². The van der Waals surface area contributed by atoms with E-state index < -0.39 is 6.04 Å². The monoisotopic (exact) mass is 502 g/mol. The van der Waals surface area contributed by atoms with Gasteiger partial charge in [0.25, 0.3) is 5.91 Å². The molecule has 0 saturated heterocycles. The number of amides is 2. The minimum atomic E-state index is -0.711. The minimum Gasteiger partial charge on any atom is -0.484 e. The van der Waals surface area contributed by atoms with Crippen molar-refractivity contribution in [1.29, 1.82) is 0 Å². The average Bonchev–Trinajstić information content (AvgIpc) is 3.25. The second kappa shape index (κ2) is 11.0. The quantitative estimate of drug-likeness (QED) is 0.448. The summed E-state index contributed by atoms with van der Waals surface area (Å²) in [6.07, 6.45) is 0.720. The van der Waals surface area contributed by atoms with E-state index in [-0.39, 0.29) is 24.3 Å². The molecule has 1 aromatic heterocycles. The summed E-state index contributed by atoms with van der Waals surface area (Å²) in [7, 11) is 0. The van der Waals surface area contributed by atoms with E-state index in [4.69, 9.17) is 4.74 Å². The number of aromatic nitrogens is 2. The normalized spacial score (nSPS) is 12.6. The average molecular weight is 503 g/mol. The van der Waals surface area contributed by atoms with Crippen LogP contribution in [-0.4, -0.2) is 34.7 Å². The third kappa shape index (κ3) is 6.60. The molecule has 0 saturated carbocycles. The zero-order valence-electron chi connectivity index (χ0n) is 17.2. The second-order valence-electron chi connectivity index (χ2n) is 6.94. The largest absolute Gasteiger partial charge is 0.484 e. The highest BCUT2D eigenvalue weighted by atomic mass is 79.9. The highest BCUT2D eigenvalue weighted by molar-refractivity contribution is 9.10. The molecule has 0 bridgehead atoms. The fourth-order valence-corrected chi connectivity index (χ4v) is 3.76. The molecule has 2 aromatic carbocycles. The number of para-hydroxylation sites is 1. The summed E-state index contributed by atoms with van der Waals surface area (Å²) in [5.41, 5.74) is 0.908. The van der Waals surface area contributed by atoms with Gasteiger partial charge in [-0.1, -0.05) is 77.9 Å². The van der Waals surface area contributed by atoms with Crippen molar-refractivity contribution in [3.8, 4) is 16.3 Å². The molecule has 3 aromatic rings. The standard InChI is InChI=1S/C22H23BrN4O3S/c1-3-14(2)19(24-18(28)13-30-17-7-5-4-6-8-17)20(29)25-22-27-26-21(31-22)15-9-11-16(23)12-10-15/h4-12,14,19H,3,13H2,1-2H3,(H,24,28)(H,25,27,29). The van der Waals surface area contributed by atoms with Crippen molar-refractivity contribution in [2.24, 2.45) is 5.92 Å². The molecule has 3 rings (SSSR count). The van der Waals surface area contributed by atoms with Gasteiger partial charge in [-0.15, -0.1) is 10.2 Å². The lowest BCUT2D eigenvalue weighted by atomic mass is 9.98. The van der Waals surface area contributed by atoms with E-state index in [0.717, 1.165) is 16.5 Å². The molecule has 7 nitrogen and oxygen atoms in total. The van der Waals surface area contributed by atoms with E-state index >= 15 is 0 Å². The van der Waals surface area contributed by atoms with Crippen molar-refractivity contribution in [3.05, 3.63) is 59.1 Å². The van der Waals surface area contributed by atoms with Crippen molar-refractivity contribution in [3.63, 3.8) is 0 Å². The third-order valence-corrected chi connectivity index (χ3v) is 6.09. The molecule has 1 heterocycles. The molecule has 2 atom stereocenters. The number of nitrogens with zero attached hydrogens (tertiary/aromatic N) is 2. The van der Waals surface area contributed by atoms with Crippen molar-refractivity contribution in [2.75, 3.05) is 11.9 Å². The van der Waals surface area contributed by atoms with Gasteiger partial charge in [0, 0.05) is 10.0 Å². The van der Waals surface area contributed by atoms with Gasteiger partial charge in [0.1, 0.15) is 16.8 Å². The molecule has 2 amide bonds. The Labute approximate surface area is 193 Å². The van der Waals surface area contributed by atoms with Gasteiger partial charge >= 0.3 is 0 Å². The number of ether oxygens (including phenoxy) is 1. The molecule has 9 heteroatoms. The summed E-state index contributed by atoms with van der Waals surface area (Å²) >= 11 is 4.68. The summed E-state index contributed by atoms with van der Waals surface area (Å²) < 4.78 is 6.44. The van der Waals surface area contributed by atoms with Gasteiger partial charge in [0.05, 0.1) is 0 Å². The Balaban J connectivity index is 1.62. The van der Waals surface area contributed by atoms with Crippen LogP contribution in [0.4, 0.5) is 5.13 Å². The molecule has 0 aliphatic rings. The molecule has 0 aliphatic heterocycles. The molecular formula is C22H23BrN4O3S. The lowest BCUT2D eigenvalue weighted by Crippen LogP contribution is -2.49. The van der Waals surface area contributed by atoms with Crippen LogP contribution >= 0.6 is 27.3 Å². The van der Waals surface area contributed by atoms with Crippen molar-refractivity contribution in [2.45, 2.75) is 26.3 Å². The van der Waals surface area contributed by atoms with E-state index in [1.54, 1.807) is 12.1 Å². The fraction of sp³-hybridized carbons (Fsp3) is 0.273. The van der Waals surface area contributed by atoms with Crippen LogP contribution in [0.25, 0.3) is 10.6 Å². The number of hydrogen-bond donors (Lipinski definition) is 2. The van der Waals surface area contributed by atoms with Crippen LogP contribution in [0.5, 0.6) is 5.75 Å². The van der Waals surface area contributed by atoms with Crippen LogP contribution in [-0.2, 0) is 9.59 Å². The van der Waals surface area contributed by atoms with Gasteiger partial charge < -0.3 is 10.1 Å². The number of rotatable bonds is 9. The fourth-order valence-electron chi connectivity index (χ4n) is 2.75. The van der Waals surface area contributed by atoms with Crippen LogP contribution < -0.4 is 15.4 Å². The summed E-state index contributed by atoms with van der Waals surface area (Å²) in [4.78, 5) is 25.3. The Kier molecular flexibility index (Phi) is 8.13. The maximum absolute atomic E-state index is 12.9. The first-order valence-electron chi connectivity index (χ1n) is 9.83. The van der Waals surface area contributed by atoms with E-state index in [0.29, 0.717) is 15.9 Å². The molecule has 162 valence electrons. The van der Waals surface area contributed by atoms with Gasteiger partial charge in [0.15, 0.2) is 6.61 Å². The van der Waals surface area contributed by atoms with Crippen molar-refractivity contribution in [1.82, 2.24) is 15.5 Å². The third-order valence-electron chi connectivity index (χ3n) is 4.67. The number of anilines is 1. The molecule has 2 unspecified atom stereocenters. The van der Waals surface area contributed by atoms with Crippen LogP contribution in [0.1, 0.15) is 20.3 Å². The predicted octanol–water partition coefficient (Wildman–Crippen LogP) is 4.52.